The van der Waals surface area contributed by atoms with E-state index < -0.39 is 0 Å². The highest BCUT2D eigenvalue weighted by Gasteiger charge is 2.20. The molecule has 0 unspecified atom stereocenters. The number of benzene rings is 1. The number of para-hydroxylation sites is 2. The van der Waals surface area contributed by atoms with Crippen LogP contribution in [0.3, 0.4) is 0 Å². The molecule has 0 radical (unpaired) electrons. The lowest BCUT2D eigenvalue weighted by Crippen LogP contribution is -3.06. The lowest BCUT2D eigenvalue weighted by Gasteiger charge is -2.19. The summed E-state index contributed by atoms with van der Waals surface area (Å²) in [7, 11) is 4.33. The third-order valence-electron chi connectivity index (χ3n) is 5.18. The van der Waals surface area contributed by atoms with Crippen LogP contribution in [0, 0.1) is 18.3 Å². The molecular formula is C22H30N5+. The number of hydrogen-bond acceptors (Lipinski definition) is 3. The van der Waals surface area contributed by atoms with E-state index in [4.69, 9.17) is 4.98 Å². The van der Waals surface area contributed by atoms with Crippen LogP contribution in [0.4, 0.5) is 5.82 Å². The minimum Gasteiger partial charge on any atom is -0.365 e. The number of nitrogens with one attached hydrogen (secondary N) is 2. The van der Waals surface area contributed by atoms with E-state index in [0.29, 0.717) is 5.56 Å². The average molecular weight is 365 g/mol. The maximum atomic E-state index is 9.85. The van der Waals surface area contributed by atoms with Crippen molar-refractivity contribution in [1.29, 1.82) is 5.26 Å². The molecule has 5 nitrogen and oxygen atoms in total. The lowest BCUT2D eigenvalue weighted by atomic mass is 9.99. The Labute approximate surface area is 161 Å². The van der Waals surface area contributed by atoms with E-state index in [1.54, 1.807) is 0 Å². The Morgan fingerprint density at radius 3 is 2.70 bits per heavy atom. The third kappa shape index (κ3) is 3.77. The van der Waals surface area contributed by atoms with Crippen LogP contribution in [0.2, 0.25) is 0 Å². The summed E-state index contributed by atoms with van der Waals surface area (Å²) >= 11 is 0. The smallest absolute Gasteiger partial charge is 0.157 e. The molecule has 2 N–H and O–H groups in total. The van der Waals surface area contributed by atoms with Crippen molar-refractivity contribution >= 4 is 22.5 Å². The number of hydrogen-bond donors (Lipinski definition) is 2. The van der Waals surface area contributed by atoms with Crippen LogP contribution in [-0.2, 0) is 6.42 Å². The number of imidazole rings is 1. The number of nitriles is 1. The number of nitrogens with zero attached hydrogens (tertiary/aromatic N) is 3. The van der Waals surface area contributed by atoms with E-state index in [-0.39, 0.29) is 0 Å². The first-order valence-corrected chi connectivity index (χ1v) is 9.94. The largest absolute Gasteiger partial charge is 0.365 e. The fourth-order valence-electron chi connectivity index (χ4n) is 3.66. The van der Waals surface area contributed by atoms with Gasteiger partial charge in [0.2, 0.25) is 0 Å². The Morgan fingerprint density at radius 2 is 2.00 bits per heavy atom. The quantitative estimate of drug-likeness (QED) is 0.604. The monoisotopic (exact) mass is 364 g/mol. The zero-order chi connectivity index (χ0) is 19.4. The van der Waals surface area contributed by atoms with Gasteiger partial charge in [0.25, 0.3) is 0 Å². The Bertz CT molecular complexity index is 978. The van der Waals surface area contributed by atoms with Crippen molar-refractivity contribution in [2.75, 3.05) is 32.5 Å². The summed E-state index contributed by atoms with van der Waals surface area (Å²) in [5, 5.41) is 13.5. The van der Waals surface area contributed by atoms with E-state index >= 15 is 0 Å². The van der Waals surface area contributed by atoms with Gasteiger partial charge in [0.15, 0.2) is 5.65 Å². The van der Waals surface area contributed by atoms with Crippen molar-refractivity contribution in [3.63, 3.8) is 0 Å². The second-order valence-corrected chi connectivity index (χ2v) is 7.54. The highest BCUT2D eigenvalue weighted by molar-refractivity contribution is 5.86. The fourth-order valence-corrected chi connectivity index (χ4v) is 3.66. The first kappa shape index (κ1) is 19.2. The summed E-state index contributed by atoms with van der Waals surface area (Å²) in [6.07, 6.45) is 4.50. The van der Waals surface area contributed by atoms with Crippen molar-refractivity contribution in [2.24, 2.45) is 0 Å². The third-order valence-corrected chi connectivity index (χ3v) is 5.18. The number of quaternary nitrogens is 1. The van der Waals surface area contributed by atoms with Gasteiger partial charge in [-0.05, 0) is 43.0 Å². The summed E-state index contributed by atoms with van der Waals surface area (Å²) in [4.78, 5) is 6.19. The van der Waals surface area contributed by atoms with Gasteiger partial charge in [-0.2, -0.15) is 5.26 Å². The molecule has 0 aliphatic rings. The number of likely N-dealkylation sites (N-methyl/N-ethyl adjacent to an activating group) is 1. The van der Waals surface area contributed by atoms with E-state index in [9.17, 15) is 5.26 Å². The second kappa shape index (κ2) is 8.41. The molecule has 3 rings (SSSR count). The predicted molar refractivity (Wildman–Crippen MR) is 112 cm³/mol. The first-order chi connectivity index (χ1) is 13.1. The first-order valence-electron chi connectivity index (χ1n) is 9.94. The van der Waals surface area contributed by atoms with Gasteiger partial charge in [0, 0.05) is 0 Å². The highest BCUT2D eigenvalue weighted by Crippen LogP contribution is 2.31. The number of anilines is 1. The van der Waals surface area contributed by atoms with Crippen molar-refractivity contribution in [1.82, 2.24) is 9.38 Å². The fraction of sp³-hybridized carbons (Fsp3) is 0.455. The minimum atomic E-state index is 0.696. The molecule has 27 heavy (non-hydrogen) atoms. The van der Waals surface area contributed by atoms with Gasteiger partial charge in [-0.25, -0.2) is 4.98 Å². The molecule has 0 atom stereocenters. The zero-order valence-electron chi connectivity index (χ0n) is 16.9. The molecule has 142 valence electrons. The number of pyridine rings is 1. The molecule has 0 amide bonds. The van der Waals surface area contributed by atoms with Crippen LogP contribution < -0.4 is 10.2 Å². The normalized spacial score (nSPS) is 11.4. The molecule has 0 fully saturated rings. The van der Waals surface area contributed by atoms with Crippen LogP contribution in [-0.4, -0.2) is 36.6 Å². The van der Waals surface area contributed by atoms with Crippen LogP contribution >= 0.6 is 0 Å². The van der Waals surface area contributed by atoms with E-state index in [2.05, 4.69) is 49.8 Å². The van der Waals surface area contributed by atoms with Crippen LogP contribution in [0.15, 0.2) is 24.3 Å². The van der Waals surface area contributed by atoms with Crippen molar-refractivity contribution in [3.8, 4) is 6.07 Å². The van der Waals surface area contributed by atoms with Crippen molar-refractivity contribution < 1.29 is 4.90 Å². The standard InChI is InChI=1S/C22H29N5/c1-5-6-7-10-17-16(2)18(15-23)22-25-19-11-8-9-12-20(19)27(22)21(17)24-13-14-26(3)4/h8-9,11-12,24H,5-7,10,13-14H2,1-4H3/p+1. The molecule has 1 aromatic carbocycles. The van der Waals surface area contributed by atoms with Crippen LogP contribution in [0.25, 0.3) is 16.7 Å². The Hall–Kier alpha value is -2.58. The predicted octanol–water partition coefficient (Wildman–Crippen LogP) is 2.96. The van der Waals surface area contributed by atoms with Gasteiger partial charge in [0.05, 0.1) is 43.8 Å². The second-order valence-electron chi connectivity index (χ2n) is 7.54. The number of unbranched alkanes of at least 4 members (excludes halogenated alkanes) is 2. The summed E-state index contributed by atoms with van der Waals surface area (Å²) < 4.78 is 2.16. The molecule has 3 aromatic rings. The van der Waals surface area contributed by atoms with Crippen molar-refractivity contribution in [3.05, 3.63) is 41.0 Å². The van der Waals surface area contributed by atoms with Gasteiger partial charge in [-0.1, -0.05) is 31.9 Å². The van der Waals surface area contributed by atoms with Gasteiger partial charge in [-0.15, -0.1) is 0 Å². The Kier molecular flexibility index (Phi) is 5.98. The average Bonchev–Trinajstić information content (AvgIpc) is 3.02. The number of fused-ring (bicyclic) bond motifs is 3. The molecule has 0 aliphatic heterocycles. The number of aromatic nitrogens is 2. The van der Waals surface area contributed by atoms with E-state index in [1.165, 1.54) is 23.3 Å². The molecule has 5 heteroatoms. The Balaban J connectivity index is 2.23. The number of rotatable bonds is 8. The van der Waals surface area contributed by atoms with Gasteiger partial charge >= 0.3 is 0 Å². The summed E-state index contributed by atoms with van der Waals surface area (Å²) in [5.41, 5.74) is 5.76. The van der Waals surface area contributed by atoms with Crippen LogP contribution in [0.1, 0.15) is 42.9 Å². The van der Waals surface area contributed by atoms with Gasteiger partial charge in [-0.3, -0.25) is 4.40 Å². The van der Waals surface area contributed by atoms with Crippen molar-refractivity contribution in [2.45, 2.75) is 39.5 Å². The maximum absolute atomic E-state index is 9.85. The van der Waals surface area contributed by atoms with Crippen LogP contribution in [0.5, 0.6) is 0 Å². The lowest BCUT2D eigenvalue weighted by molar-refractivity contribution is -0.856. The molecular weight excluding hydrogens is 334 g/mol. The molecule has 0 saturated carbocycles. The molecule has 2 heterocycles. The van der Waals surface area contributed by atoms with Gasteiger partial charge in [0.1, 0.15) is 11.9 Å². The highest BCUT2D eigenvalue weighted by atomic mass is 15.1. The topological polar surface area (TPSA) is 57.6 Å². The zero-order valence-corrected chi connectivity index (χ0v) is 16.9. The summed E-state index contributed by atoms with van der Waals surface area (Å²) in [5.74, 6) is 1.10. The SMILES string of the molecule is CCCCCc1c(C)c(C#N)c2nc3ccccc3n2c1NCC[NH+](C)C. The summed E-state index contributed by atoms with van der Waals surface area (Å²) in [6.45, 7) is 6.21. The summed E-state index contributed by atoms with van der Waals surface area (Å²) in [6, 6.07) is 10.6. The molecule has 0 spiro atoms. The molecule has 2 aromatic heterocycles. The maximum Gasteiger partial charge on any atom is 0.157 e. The molecule has 0 aliphatic carbocycles. The molecule has 0 saturated heterocycles. The van der Waals surface area contributed by atoms with E-state index in [1.807, 2.05) is 18.2 Å². The minimum absolute atomic E-state index is 0.696. The molecule has 0 bridgehead atoms. The van der Waals surface area contributed by atoms with E-state index in [0.717, 1.165) is 54.0 Å². The van der Waals surface area contributed by atoms with Gasteiger partial charge < -0.3 is 10.2 Å². The Morgan fingerprint density at radius 1 is 1.22 bits per heavy atom.